The van der Waals surface area contributed by atoms with E-state index < -0.39 is 0 Å². The van der Waals surface area contributed by atoms with Crippen molar-refractivity contribution in [1.82, 2.24) is 9.91 Å². The molecule has 1 aliphatic heterocycles. The minimum atomic E-state index is 0.818. The molecule has 0 aromatic heterocycles. The zero-order chi connectivity index (χ0) is 12.8. The van der Waals surface area contributed by atoms with Crippen molar-refractivity contribution in [2.45, 2.75) is 19.3 Å². The molecule has 18 heavy (non-hydrogen) atoms. The molecule has 0 aliphatic carbocycles. The molecule has 1 aliphatic rings. The van der Waals surface area contributed by atoms with Crippen molar-refractivity contribution >= 4 is 11.6 Å². The average molecular weight is 268 g/mol. The van der Waals surface area contributed by atoms with Gasteiger partial charge < -0.3 is 4.90 Å². The maximum atomic E-state index is 5.87. The van der Waals surface area contributed by atoms with Crippen molar-refractivity contribution in [2.24, 2.45) is 5.84 Å². The predicted molar refractivity (Wildman–Crippen MR) is 76.6 cm³/mol. The minimum Gasteiger partial charge on any atom is -0.301 e. The molecule has 0 amide bonds. The van der Waals surface area contributed by atoms with Gasteiger partial charge in [-0.1, -0.05) is 23.7 Å². The lowest BCUT2D eigenvalue weighted by Crippen LogP contribution is -2.49. The van der Waals surface area contributed by atoms with Crippen molar-refractivity contribution < 1.29 is 0 Å². The Morgan fingerprint density at radius 1 is 1.00 bits per heavy atom. The Labute approximate surface area is 114 Å². The molecule has 4 heteroatoms. The van der Waals surface area contributed by atoms with Gasteiger partial charge in [-0.25, -0.2) is 5.01 Å². The summed E-state index contributed by atoms with van der Waals surface area (Å²) < 4.78 is 0. The SMILES string of the molecule is NN1CCN(CCCCc2ccc(Cl)cc2)CC1. The summed E-state index contributed by atoms with van der Waals surface area (Å²) in [4.78, 5) is 2.51. The summed E-state index contributed by atoms with van der Waals surface area (Å²) in [5, 5.41) is 2.72. The van der Waals surface area contributed by atoms with E-state index in [-0.39, 0.29) is 0 Å². The third-order valence-corrected chi connectivity index (χ3v) is 3.76. The number of rotatable bonds is 5. The summed E-state index contributed by atoms with van der Waals surface area (Å²) in [5.41, 5.74) is 1.38. The van der Waals surface area contributed by atoms with E-state index in [1.54, 1.807) is 0 Å². The van der Waals surface area contributed by atoms with Crippen LogP contribution in [0.25, 0.3) is 0 Å². The zero-order valence-electron chi connectivity index (χ0n) is 10.8. The van der Waals surface area contributed by atoms with Crippen LogP contribution in [-0.4, -0.2) is 42.6 Å². The molecule has 1 saturated heterocycles. The van der Waals surface area contributed by atoms with Gasteiger partial charge in [-0.2, -0.15) is 0 Å². The molecule has 0 spiro atoms. The molecular formula is C14H22ClN3. The number of hydrazine groups is 1. The van der Waals surface area contributed by atoms with Crippen LogP contribution >= 0.6 is 11.6 Å². The third-order valence-electron chi connectivity index (χ3n) is 3.51. The van der Waals surface area contributed by atoms with Crippen molar-refractivity contribution in [3.63, 3.8) is 0 Å². The fourth-order valence-corrected chi connectivity index (χ4v) is 2.43. The quantitative estimate of drug-likeness (QED) is 0.656. The molecule has 0 saturated carbocycles. The van der Waals surface area contributed by atoms with Crippen LogP contribution in [0.15, 0.2) is 24.3 Å². The van der Waals surface area contributed by atoms with Gasteiger partial charge in [-0.3, -0.25) is 5.84 Å². The first-order chi connectivity index (χ1) is 8.74. The summed E-state index contributed by atoms with van der Waals surface area (Å²) in [6.45, 7) is 5.41. The summed E-state index contributed by atoms with van der Waals surface area (Å²) in [7, 11) is 0. The Kier molecular flexibility index (Phi) is 5.45. The molecule has 0 atom stereocenters. The van der Waals surface area contributed by atoms with Crippen LogP contribution in [0.3, 0.4) is 0 Å². The highest BCUT2D eigenvalue weighted by Gasteiger charge is 2.12. The van der Waals surface area contributed by atoms with E-state index in [2.05, 4.69) is 17.0 Å². The lowest BCUT2D eigenvalue weighted by atomic mass is 10.1. The Hall–Kier alpha value is -0.610. The van der Waals surface area contributed by atoms with Gasteiger partial charge in [0.25, 0.3) is 0 Å². The second kappa shape index (κ2) is 7.10. The van der Waals surface area contributed by atoms with E-state index in [9.17, 15) is 0 Å². The van der Waals surface area contributed by atoms with E-state index in [4.69, 9.17) is 17.4 Å². The number of unbranched alkanes of at least 4 members (excludes halogenated alkanes) is 1. The van der Waals surface area contributed by atoms with Gasteiger partial charge in [0.15, 0.2) is 0 Å². The highest BCUT2D eigenvalue weighted by molar-refractivity contribution is 6.30. The van der Waals surface area contributed by atoms with Gasteiger partial charge >= 0.3 is 0 Å². The third kappa shape index (κ3) is 4.58. The van der Waals surface area contributed by atoms with E-state index in [1.807, 2.05) is 17.1 Å². The molecule has 1 fully saturated rings. The Balaban J connectivity index is 1.60. The average Bonchev–Trinajstić information content (AvgIpc) is 2.39. The number of hydrogen-bond acceptors (Lipinski definition) is 3. The van der Waals surface area contributed by atoms with Crippen LogP contribution in [-0.2, 0) is 6.42 Å². The van der Waals surface area contributed by atoms with Gasteiger partial charge in [-0.05, 0) is 43.5 Å². The van der Waals surface area contributed by atoms with Crippen molar-refractivity contribution in [1.29, 1.82) is 0 Å². The molecule has 2 N–H and O–H groups in total. The maximum absolute atomic E-state index is 5.87. The first-order valence-electron chi connectivity index (χ1n) is 6.70. The lowest BCUT2D eigenvalue weighted by molar-refractivity contribution is 0.132. The Morgan fingerprint density at radius 3 is 2.33 bits per heavy atom. The lowest BCUT2D eigenvalue weighted by Gasteiger charge is -2.31. The molecule has 0 unspecified atom stereocenters. The van der Waals surface area contributed by atoms with E-state index in [1.165, 1.54) is 24.9 Å². The second-order valence-corrected chi connectivity index (χ2v) is 5.40. The molecule has 1 heterocycles. The number of nitrogens with zero attached hydrogens (tertiary/aromatic N) is 2. The highest BCUT2D eigenvalue weighted by Crippen LogP contribution is 2.12. The number of aryl methyl sites for hydroxylation is 1. The monoisotopic (exact) mass is 267 g/mol. The van der Waals surface area contributed by atoms with E-state index in [0.29, 0.717) is 0 Å². The van der Waals surface area contributed by atoms with Crippen molar-refractivity contribution in [2.75, 3.05) is 32.7 Å². The van der Waals surface area contributed by atoms with Crippen molar-refractivity contribution in [3.8, 4) is 0 Å². The van der Waals surface area contributed by atoms with E-state index >= 15 is 0 Å². The fourth-order valence-electron chi connectivity index (χ4n) is 2.30. The van der Waals surface area contributed by atoms with Crippen molar-refractivity contribution in [3.05, 3.63) is 34.9 Å². The smallest absolute Gasteiger partial charge is 0.0406 e. The summed E-state index contributed by atoms with van der Waals surface area (Å²) >= 11 is 5.87. The number of hydrogen-bond donors (Lipinski definition) is 1. The summed E-state index contributed by atoms with van der Waals surface area (Å²) in [5.74, 6) is 5.74. The van der Waals surface area contributed by atoms with Gasteiger partial charge in [0.1, 0.15) is 0 Å². The first-order valence-corrected chi connectivity index (χ1v) is 7.08. The maximum Gasteiger partial charge on any atom is 0.0406 e. The Morgan fingerprint density at radius 2 is 1.67 bits per heavy atom. The van der Waals surface area contributed by atoms with Gasteiger partial charge in [-0.15, -0.1) is 0 Å². The number of halogens is 1. The number of piperazine rings is 1. The van der Waals surface area contributed by atoms with Crippen LogP contribution in [0.1, 0.15) is 18.4 Å². The predicted octanol–water partition coefficient (Wildman–Crippen LogP) is 2.15. The fraction of sp³-hybridized carbons (Fsp3) is 0.571. The van der Waals surface area contributed by atoms with Gasteiger partial charge in [0, 0.05) is 31.2 Å². The summed E-state index contributed by atoms with van der Waals surface area (Å²) in [6.07, 6.45) is 3.64. The van der Waals surface area contributed by atoms with Crippen LogP contribution in [0.4, 0.5) is 0 Å². The standard InChI is InChI=1S/C14H22ClN3/c15-14-6-4-13(5-7-14)3-1-2-8-17-9-11-18(16)12-10-17/h4-7H,1-3,8-12,16H2. The highest BCUT2D eigenvalue weighted by atomic mass is 35.5. The zero-order valence-corrected chi connectivity index (χ0v) is 11.6. The topological polar surface area (TPSA) is 32.5 Å². The largest absolute Gasteiger partial charge is 0.301 e. The molecule has 2 rings (SSSR count). The molecule has 100 valence electrons. The molecule has 1 aromatic rings. The second-order valence-electron chi connectivity index (χ2n) is 4.96. The molecule has 1 aromatic carbocycles. The van der Waals surface area contributed by atoms with Crippen LogP contribution in [0, 0.1) is 0 Å². The summed E-state index contributed by atoms with van der Waals surface area (Å²) in [6, 6.07) is 8.18. The van der Waals surface area contributed by atoms with Gasteiger partial charge in [0.2, 0.25) is 0 Å². The van der Waals surface area contributed by atoms with Gasteiger partial charge in [0.05, 0.1) is 0 Å². The molecular weight excluding hydrogens is 246 g/mol. The van der Waals surface area contributed by atoms with Crippen LogP contribution < -0.4 is 5.84 Å². The molecule has 0 bridgehead atoms. The minimum absolute atomic E-state index is 0.818. The van der Waals surface area contributed by atoms with E-state index in [0.717, 1.165) is 37.6 Å². The first kappa shape index (κ1) is 13.8. The Bertz CT molecular complexity index is 345. The molecule has 0 radical (unpaired) electrons. The van der Waals surface area contributed by atoms with Crippen LogP contribution in [0.5, 0.6) is 0 Å². The normalized spacial score (nSPS) is 18.1. The number of nitrogens with two attached hydrogens (primary N) is 1. The van der Waals surface area contributed by atoms with Crippen LogP contribution in [0.2, 0.25) is 5.02 Å². The molecule has 3 nitrogen and oxygen atoms in total. The number of benzene rings is 1.